The van der Waals surface area contributed by atoms with Crippen molar-refractivity contribution in [3.63, 3.8) is 0 Å². The molecule has 0 N–H and O–H groups in total. The molecule has 2 aromatic carbocycles. The fraction of sp³-hybridized carbons (Fsp3) is 0.250. The Balaban J connectivity index is 1.50. The van der Waals surface area contributed by atoms with E-state index in [0.717, 1.165) is 33.1 Å². The van der Waals surface area contributed by atoms with Gasteiger partial charge in [-0.2, -0.15) is 4.80 Å². The molecule has 0 spiro atoms. The summed E-state index contributed by atoms with van der Waals surface area (Å²) in [4.78, 5) is 7.47. The summed E-state index contributed by atoms with van der Waals surface area (Å²) in [6, 6.07) is 15.7. The lowest BCUT2D eigenvalue weighted by atomic mass is 10.1. The summed E-state index contributed by atoms with van der Waals surface area (Å²) in [6.45, 7) is 6.94. The first-order valence-electron chi connectivity index (χ1n) is 10.0. The van der Waals surface area contributed by atoms with E-state index in [4.69, 9.17) is 4.74 Å². The van der Waals surface area contributed by atoms with Gasteiger partial charge in [-0.25, -0.2) is 4.98 Å². The van der Waals surface area contributed by atoms with Crippen molar-refractivity contribution < 1.29 is 4.74 Å². The SMILES string of the molecule is COc1ccc(Cn2nnc(-c3cccc(C#Cc4nc(C(C)C)c(C)s4)c3)n2)cc1. The molecule has 0 radical (unpaired) electrons. The molecule has 0 aliphatic carbocycles. The standard InChI is InChI=1S/C24H23N5OS/c1-16(2)23-17(3)31-22(25-23)13-10-18-6-5-7-20(14-18)24-26-28-29(27-24)15-19-8-11-21(30-4)12-9-19/h5-9,11-12,14,16H,15H2,1-4H3. The normalized spacial score (nSPS) is 10.7. The van der Waals surface area contributed by atoms with Crippen LogP contribution in [-0.4, -0.2) is 32.3 Å². The molecule has 0 aliphatic rings. The predicted molar refractivity (Wildman–Crippen MR) is 122 cm³/mol. The summed E-state index contributed by atoms with van der Waals surface area (Å²) in [5, 5.41) is 13.8. The van der Waals surface area contributed by atoms with E-state index in [1.54, 1.807) is 23.2 Å². The summed E-state index contributed by atoms with van der Waals surface area (Å²) in [5.41, 5.74) is 3.97. The third-order valence-corrected chi connectivity index (χ3v) is 5.65. The van der Waals surface area contributed by atoms with Gasteiger partial charge >= 0.3 is 0 Å². The van der Waals surface area contributed by atoms with Crippen LogP contribution in [0.2, 0.25) is 0 Å². The second-order valence-electron chi connectivity index (χ2n) is 7.44. The van der Waals surface area contributed by atoms with E-state index in [-0.39, 0.29) is 0 Å². The zero-order valence-electron chi connectivity index (χ0n) is 18.0. The number of hydrogen-bond acceptors (Lipinski definition) is 6. The highest BCUT2D eigenvalue weighted by atomic mass is 32.1. The molecule has 6 nitrogen and oxygen atoms in total. The molecule has 0 saturated carbocycles. The largest absolute Gasteiger partial charge is 0.497 e. The fourth-order valence-corrected chi connectivity index (χ4v) is 4.10. The molecule has 0 fully saturated rings. The number of hydrogen-bond donors (Lipinski definition) is 0. The van der Waals surface area contributed by atoms with Gasteiger partial charge < -0.3 is 4.74 Å². The molecule has 156 valence electrons. The number of aromatic nitrogens is 5. The molecule has 31 heavy (non-hydrogen) atoms. The zero-order valence-corrected chi connectivity index (χ0v) is 18.8. The van der Waals surface area contributed by atoms with E-state index < -0.39 is 0 Å². The third-order valence-electron chi connectivity index (χ3n) is 4.75. The lowest BCUT2D eigenvalue weighted by Crippen LogP contribution is -2.04. The van der Waals surface area contributed by atoms with Crippen LogP contribution in [0.4, 0.5) is 0 Å². The van der Waals surface area contributed by atoms with Crippen molar-refractivity contribution in [3.8, 4) is 29.0 Å². The number of benzene rings is 2. The average Bonchev–Trinajstić information content (AvgIpc) is 3.39. The van der Waals surface area contributed by atoms with Gasteiger partial charge in [0, 0.05) is 16.0 Å². The summed E-state index contributed by atoms with van der Waals surface area (Å²) in [6.07, 6.45) is 0. The highest BCUT2D eigenvalue weighted by Gasteiger charge is 2.10. The number of nitrogens with zero attached hydrogens (tertiary/aromatic N) is 5. The van der Waals surface area contributed by atoms with E-state index in [0.29, 0.717) is 18.3 Å². The minimum atomic E-state index is 0.404. The van der Waals surface area contributed by atoms with E-state index in [2.05, 4.69) is 53.0 Å². The second kappa shape index (κ2) is 9.11. The predicted octanol–water partition coefficient (Wildman–Crippen LogP) is 4.69. The molecule has 0 bridgehead atoms. The van der Waals surface area contributed by atoms with Gasteiger partial charge in [0.2, 0.25) is 5.82 Å². The van der Waals surface area contributed by atoms with Crippen LogP contribution in [0.25, 0.3) is 11.4 Å². The van der Waals surface area contributed by atoms with Crippen molar-refractivity contribution >= 4 is 11.3 Å². The Kier molecular flexibility index (Phi) is 6.10. The second-order valence-corrected chi connectivity index (χ2v) is 8.64. The first kappa shape index (κ1) is 20.8. The quantitative estimate of drug-likeness (QED) is 0.431. The molecule has 0 saturated heterocycles. The van der Waals surface area contributed by atoms with Crippen molar-refractivity contribution in [2.45, 2.75) is 33.2 Å². The number of rotatable bonds is 5. The molecular weight excluding hydrogens is 406 g/mol. The molecule has 4 aromatic rings. The lowest BCUT2D eigenvalue weighted by Gasteiger charge is -2.02. The Labute approximate surface area is 185 Å². The van der Waals surface area contributed by atoms with Gasteiger partial charge in [-0.05, 0) is 53.8 Å². The van der Waals surface area contributed by atoms with Gasteiger partial charge in [-0.15, -0.1) is 21.5 Å². The summed E-state index contributed by atoms with van der Waals surface area (Å²) >= 11 is 1.64. The van der Waals surface area contributed by atoms with Gasteiger partial charge in [0.15, 0.2) is 5.01 Å². The monoisotopic (exact) mass is 429 g/mol. The Morgan fingerprint density at radius 3 is 2.61 bits per heavy atom. The Bertz CT molecular complexity index is 1240. The van der Waals surface area contributed by atoms with Gasteiger partial charge in [0.1, 0.15) is 5.75 Å². The summed E-state index contributed by atoms with van der Waals surface area (Å²) < 4.78 is 5.19. The minimum absolute atomic E-state index is 0.404. The molecule has 0 atom stereocenters. The van der Waals surface area contributed by atoms with Crippen LogP contribution in [0.3, 0.4) is 0 Å². The van der Waals surface area contributed by atoms with Crippen molar-refractivity contribution in [3.05, 3.63) is 75.2 Å². The van der Waals surface area contributed by atoms with Gasteiger partial charge in [-0.1, -0.05) is 44.0 Å². The van der Waals surface area contributed by atoms with Gasteiger partial charge in [-0.3, -0.25) is 0 Å². The molecule has 7 heteroatoms. The average molecular weight is 430 g/mol. The molecule has 0 aliphatic heterocycles. The number of thiazole rings is 1. The topological polar surface area (TPSA) is 65.7 Å². The van der Waals surface area contributed by atoms with Gasteiger partial charge in [0.25, 0.3) is 0 Å². The third kappa shape index (κ3) is 4.98. The maximum Gasteiger partial charge on any atom is 0.204 e. The van der Waals surface area contributed by atoms with E-state index >= 15 is 0 Å². The first-order valence-corrected chi connectivity index (χ1v) is 10.8. The summed E-state index contributed by atoms with van der Waals surface area (Å²) in [5.74, 6) is 8.20. The van der Waals surface area contributed by atoms with Crippen LogP contribution in [-0.2, 0) is 6.54 Å². The Hall–Kier alpha value is -3.50. The minimum Gasteiger partial charge on any atom is -0.497 e. The van der Waals surface area contributed by atoms with Crippen molar-refractivity contribution in [1.82, 2.24) is 25.2 Å². The fourth-order valence-electron chi connectivity index (χ4n) is 3.18. The zero-order chi connectivity index (χ0) is 21.8. The van der Waals surface area contributed by atoms with Crippen molar-refractivity contribution in [2.24, 2.45) is 0 Å². The molecule has 0 unspecified atom stereocenters. The van der Waals surface area contributed by atoms with Crippen LogP contribution in [0.5, 0.6) is 5.75 Å². The molecule has 2 aromatic heterocycles. The highest BCUT2D eigenvalue weighted by Crippen LogP contribution is 2.23. The van der Waals surface area contributed by atoms with Crippen LogP contribution in [0, 0.1) is 18.8 Å². The highest BCUT2D eigenvalue weighted by molar-refractivity contribution is 7.12. The van der Waals surface area contributed by atoms with E-state index in [1.807, 2.05) is 48.5 Å². The number of methoxy groups -OCH3 is 1. The maximum atomic E-state index is 5.19. The van der Waals surface area contributed by atoms with Crippen LogP contribution in [0.15, 0.2) is 48.5 Å². The van der Waals surface area contributed by atoms with Gasteiger partial charge in [0.05, 0.1) is 19.3 Å². The van der Waals surface area contributed by atoms with Crippen LogP contribution >= 0.6 is 11.3 Å². The Morgan fingerprint density at radius 2 is 1.90 bits per heavy atom. The van der Waals surface area contributed by atoms with Crippen molar-refractivity contribution in [2.75, 3.05) is 7.11 Å². The molecule has 4 rings (SSSR count). The maximum absolute atomic E-state index is 5.19. The Morgan fingerprint density at radius 1 is 1.10 bits per heavy atom. The molecule has 0 amide bonds. The van der Waals surface area contributed by atoms with Crippen molar-refractivity contribution in [1.29, 1.82) is 0 Å². The first-order chi connectivity index (χ1) is 15.0. The molecular formula is C24H23N5OS. The lowest BCUT2D eigenvalue weighted by molar-refractivity contribution is 0.414. The number of tetrazole rings is 1. The number of ether oxygens (including phenoxy) is 1. The van der Waals surface area contributed by atoms with Crippen LogP contribution in [0.1, 0.15) is 46.5 Å². The van der Waals surface area contributed by atoms with Crippen LogP contribution < -0.4 is 4.74 Å². The summed E-state index contributed by atoms with van der Waals surface area (Å²) in [7, 11) is 1.65. The van der Waals surface area contributed by atoms with E-state index in [1.165, 1.54) is 4.88 Å². The smallest absolute Gasteiger partial charge is 0.204 e. The van der Waals surface area contributed by atoms with E-state index in [9.17, 15) is 0 Å². The molecule has 2 heterocycles. The number of aryl methyl sites for hydroxylation is 1.